The van der Waals surface area contributed by atoms with Crippen LogP contribution in [-0.2, 0) is 11.3 Å². The van der Waals surface area contributed by atoms with Gasteiger partial charge in [-0.25, -0.2) is 0 Å². The minimum Gasteiger partial charge on any atom is -0.454 e. The molecule has 0 bridgehead atoms. The fraction of sp³-hybridized carbons (Fsp3) is 0.500. The summed E-state index contributed by atoms with van der Waals surface area (Å²) in [6.45, 7) is 3.73. The van der Waals surface area contributed by atoms with E-state index in [2.05, 4.69) is 18.0 Å². The average molecular weight is 249 g/mol. The van der Waals surface area contributed by atoms with Crippen molar-refractivity contribution in [2.24, 2.45) is 0 Å². The van der Waals surface area contributed by atoms with Gasteiger partial charge in [-0.1, -0.05) is 6.07 Å². The summed E-state index contributed by atoms with van der Waals surface area (Å²) in [6.07, 6.45) is 1.57. The fourth-order valence-electron chi connectivity index (χ4n) is 2.03. The molecular formula is C14H19NO3. The molecule has 0 saturated heterocycles. The third kappa shape index (κ3) is 3.47. The van der Waals surface area contributed by atoms with Crippen molar-refractivity contribution in [3.63, 3.8) is 0 Å². The van der Waals surface area contributed by atoms with E-state index in [0.29, 0.717) is 13.2 Å². The number of ketones is 1. The lowest BCUT2D eigenvalue weighted by Crippen LogP contribution is -2.19. The Kier molecular flexibility index (Phi) is 4.20. The minimum atomic E-state index is 0.256. The number of benzene rings is 1. The SMILES string of the molecule is CC(=O)CCCN(C)Cc1ccc2c(c1)OCO2. The summed E-state index contributed by atoms with van der Waals surface area (Å²) in [5.41, 5.74) is 1.20. The van der Waals surface area contributed by atoms with Crippen molar-refractivity contribution in [3.05, 3.63) is 23.8 Å². The van der Waals surface area contributed by atoms with Gasteiger partial charge in [-0.2, -0.15) is 0 Å². The van der Waals surface area contributed by atoms with Crippen LogP contribution in [0.25, 0.3) is 0 Å². The molecule has 0 aliphatic carbocycles. The van der Waals surface area contributed by atoms with Crippen LogP contribution in [0.15, 0.2) is 18.2 Å². The van der Waals surface area contributed by atoms with Crippen LogP contribution < -0.4 is 9.47 Å². The third-order valence-electron chi connectivity index (χ3n) is 2.96. The first-order chi connectivity index (χ1) is 8.65. The molecule has 98 valence electrons. The van der Waals surface area contributed by atoms with Crippen LogP contribution in [0, 0.1) is 0 Å². The van der Waals surface area contributed by atoms with E-state index in [-0.39, 0.29) is 5.78 Å². The lowest BCUT2D eigenvalue weighted by molar-refractivity contribution is -0.117. The quantitative estimate of drug-likeness (QED) is 0.775. The summed E-state index contributed by atoms with van der Waals surface area (Å²) in [7, 11) is 2.06. The van der Waals surface area contributed by atoms with Crippen LogP contribution >= 0.6 is 0 Å². The number of carbonyl (C=O) groups is 1. The highest BCUT2D eigenvalue weighted by molar-refractivity contribution is 5.75. The number of Topliss-reactive ketones (excluding diaryl/α,β-unsaturated/α-hetero) is 1. The van der Waals surface area contributed by atoms with Gasteiger partial charge in [-0.3, -0.25) is 0 Å². The van der Waals surface area contributed by atoms with Crippen molar-refractivity contribution in [2.75, 3.05) is 20.4 Å². The van der Waals surface area contributed by atoms with Gasteiger partial charge in [0, 0.05) is 13.0 Å². The zero-order valence-corrected chi connectivity index (χ0v) is 10.9. The van der Waals surface area contributed by atoms with Crippen LogP contribution in [0.3, 0.4) is 0 Å². The topological polar surface area (TPSA) is 38.8 Å². The normalized spacial score (nSPS) is 13.1. The number of hydrogen-bond donors (Lipinski definition) is 0. The minimum absolute atomic E-state index is 0.256. The molecule has 0 amide bonds. The lowest BCUT2D eigenvalue weighted by Gasteiger charge is -2.16. The molecule has 0 atom stereocenters. The molecular weight excluding hydrogens is 230 g/mol. The predicted molar refractivity (Wildman–Crippen MR) is 68.8 cm³/mol. The Morgan fingerprint density at radius 3 is 2.89 bits per heavy atom. The second-order valence-corrected chi connectivity index (χ2v) is 4.73. The molecule has 1 aliphatic heterocycles. The van der Waals surface area contributed by atoms with Gasteiger partial charge in [0.1, 0.15) is 5.78 Å². The lowest BCUT2D eigenvalue weighted by atomic mass is 10.2. The molecule has 4 nitrogen and oxygen atoms in total. The zero-order chi connectivity index (χ0) is 13.0. The van der Waals surface area contributed by atoms with E-state index >= 15 is 0 Å². The molecule has 0 unspecified atom stereocenters. The largest absolute Gasteiger partial charge is 0.454 e. The van der Waals surface area contributed by atoms with E-state index in [4.69, 9.17) is 9.47 Å². The zero-order valence-electron chi connectivity index (χ0n) is 10.9. The van der Waals surface area contributed by atoms with E-state index in [9.17, 15) is 4.79 Å². The van der Waals surface area contributed by atoms with E-state index in [1.807, 2.05) is 12.1 Å². The van der Waals surface area contributed by atoms with Crippen molar-refractivity contribution in [1.29, 1.82) is 0 Å². The van der Waals surface area contributed by atoms with Gasteiger partial charge in [0.2, 0.25) is 6.79 Å². The van der Waals surface area contributed by atoms with Crippen molar-refractivity contribution < 1.29 is 14.3 Å². The van der Waals surface area contributed by atoms with Crippen molar-refractivity contribution in [2.45, 2.75) is 26.3 Å². The maximum atomic E-state index is 10.9. The summed E-state index contributed by atoms with van der Waals surface area (Å²) in [5.74, 6) is 1.90. The Labute approximate surface area is 107 Å². The van der Waals surface area contributed by atoms with Gasteiger partial charge < -0.3 is 19.2 Å². The van der Waals surface area contributed by atoms with Gasteiger partial charge in [-0.15, -0.1) is 0 Å². The van der Waals surface area contributed by atoms with Crippen LogP contribution in [0.5, 0.6) is 11.5 Å². The Morgan fingerprint density at radius 1 is 1.33 bits per heavy atom. The highest BCUT2D eigenvalue weighted by atomic mass is 16.7. The summed E-state index contributed by atoms with van der Waals surface area (Å²) in [4.78, 5) is 13.1. The molecule has 1 aromatic carbocycles. The molecule has 0 N–H and O–H groups in total. The number of nitrogens with zero attached hydrogens (tertiary/aromatic N) is 1. The molecule has 18 heavy (non-hydrogen) atoms. The number of carbonyl (C=O) groups excluding carboxylic acids is 1. The van der Waals surface area contributed by atoms with Gasteiger partial charge in [0.05, 0.1) is 0 Å². The van der Waals surface area contributed by atoms with E-state index in [1.165, 1.54) is 5.56 Å². The van der Waals surface area contributed by atoms with Crippen LogP contribution in [-0.4, -0.2) is 31.1 Å². The molecule has 0 saturated carbocycles. The highest BCUT2D eigenvalue weighted by Gasteiger charge is 2.13. The van der Waals surface area contributed by atoms with Crippen LogP contribution in [0.2, 0.25) is 0 Å². The van der Waals surface area contributed by atoms with Gasteiger partial charge in [-0.05, 0) is 44.6 Å². The Bertz CT molecular complexity index is 431. The summed E-state index contributed by atoms with van der Waals surface area (Å²) >= 11 is 0. The Morgan fingerprint density at radius 2 is 2.11 bits per heavy atom. The maximum Gasteiger partial charge on any atom is 0.231 e. The fourth-order valence-corrected chi connectivity index (χ4v) is 2.03. The molecule has 0 spiro atoms. The monoisotopic (exact) mass is 249 g/mol. The number of fused-ring (bicyclic) bond motifs is 1. The van der Waals surface area contributed by atoms with E-state index in [1.54, 1.807) is 6.92 Å². The van der Waals surface area contributed by atoms with Gasteiger partial charge in [0.25, 0.3) is 0 Å². The second kappa shape index (κ2) is 5.87. The molecule has 0 aromatic heterocycles. The number of ether oxygens (including phenoxy) is 2. The van der Waals surface area contributed by atoms with E-state index in [0.717, 1.165) is 31.0 Å². The van der Waals surface area contributed by atoms with Crippen molar-refractivity contribution >= 4 is 5.78 Å². The number of rotatable bonds is 6. The molecule has 1 heterocycles. The molecule has 0 radical (unpaired) electrons. The molecule has 1 aromatic rings. The molecule has 1 aliphatic rings. The Hall–Kier alpha value is -1.55. The number of hydrogen-bond acceptors (Lipinski definition) is 4. The highest BCUT2D eigenvalue weighted by Crippen LogP contribution is 2.32. The Balaban J connectivity index is 1.83. The molecule has 0 fully saturated rings. The smallest absolute Gasteiger partial charge is 0.231 e. The first kappa shape index (κ1) is 12.9. The summed E-state index contributed by atoms with van der Waals surface area (Å²) in [6, 6.07) is 6.01. The summed E-state index contributed by atoms with van der Waals surface area (Å²) < 4.78 is 10.6. The van der Waals surface area contributed by atoms with Crippen LogP contribution in [0.4, 0.5) is 0 Å². The maximum absolute atomic E-state index is 10.9. The predicted octanol–water partition coefficient (Wildman–Crippen LogP) is 2.22. The first-order valence-corrected chi connectivity index (χ1v) is 6.21. The van der Waals surface area contributed by atoms with Crippen LogP contribution in [0.1, 0.15) is 25.3 Å². The molecule has 2 rings (SSSR count). The van der Waals surface area contributed by atoms with Crippen molar-refractivity contribution in [3.8, 4) is 11.5 Å². The summed E-state index contributed by atoms with van der Waals surface area (Å²) in [5, 5.41) is 0. The van der Waals surface area contributed by atoms with Gasteiger partial charge in [0.15, 0.2) is 11.5 Å². The van der Waals surface area contributed by atoms with Crippen molar-refractivity contribution in [1.82, 2.24) is 4.90 Å². The van der Waals surface area contributed by atoms with E-state index < -0.39 is 0 Å². The first-order valence-electron chi connectivity index (χ1n) is 6.21. The van der Waals surface area contributed by atoms with Gasteiger partial charge >= 0.3 is 0 Å². The third-order valence-corrected chi connectivity index (χ3v) is 2.96. The second-order valence-electron chi connectivity index (χ2n) is 4.73. The molecule has 4 heteroatoms. The average Bonchev–Trinajstić information content (AvgIpc) is 2.75. The standard InChI is InChI=1S/C14H19NO3/c1-11(16)4-3-7-15(2)9-12-5-6-13-14(8-12)18-10-17-13/h5-6,8H,3-4,7,9-10H2,1-2H3.